The molecule has 0 aliphatic carbocycles. The number of carboxylic acid groups (broad SMARTS) is 1. The van der Waals surface area contributed by atoms with Gasteiger partial charge in [0, 0.05) is 12.8 Å². The molecule has 3 aromatic rings. The quantitative estimate of drug-likeness (QED) is 0.596. The largest absolute Gasteiger partial charge is 0.480 e. The topological polar surface area (TPSA) is 95.5 Å². The van der Waals surface area contributed by atoms with Crippen molar-refractivity contribution in [1.29, 1.82) is 0 Å². The molecule has 3 aromatic carbocycles. The molecule has 1 fully saturated rings. The number of amides is 2. The monoisotopic (exact) mass is 376 g/mol. The minimum atomic E-state index is -1.10. The van der Waals surface area contributed by atoms with E-state index in [4.69, 9.17) is 0 Å². The number of carboxylic acids is 1. The van der Waals surface area contributed by atoms with Gasteiger partial charge in [-0.05, 0) is 39.6 Å². The van der Waals surface area contributed by atoms with E-state index in [1.807, 2.05) is 48.5 Å². The van der Waals surface area contributed by atoms with E-state index in [1.54, 1.807) is 0 Å². The Hall–Kier alpha value is -3.41. The molecule has 1 saturated heterocycles. The fourth-order valence-electron chi connectivity index (χ4n) is 3.82. The summed E-state index contributed by atoms with van der Waals surface area (Å²) in [5.74, 6) is -1.75. The summed E-state index contributed by atoms with van der Waals surface area (Å²) in [4.78, 5) is 35.7. The lowest BCUT2D eigenvalue weighted by Crippen LogP contribution is -2.49. The van der Waals surface area contributed by atoms with Crippen LogP contribution in [0.1, 0.15) is 18.4 Å². The number of aliphatic carboxylic acids is 1. The predicted octanol–water partition coefficient (Wildman–Crippen LogP) is 2.38. The Bertz CT molecular complexity index is 1040. The zero-order valence-corrected chi connectivity index (χ0v) is 15.1. The number of hydrogen-bond acceptors (Lipinski definition) is 3. The lowest BCUT2D eigenvalue weighted by Gasteiger charge is -2.19. The van der Waals surface area contributed by atoms with Crippen LogP contribution in [0.25, 0.3) is 21.5 Å². The zero-order chi connectivity index (χ0) is 19.7. The van der Waals surface area contributed by atoms with Crippen LogP contribution in [0, 0.1) is 0 Å². The number of benzene rings is 3. The van der Waals surface area contributed by atoms with Crippen LogP contribution in [0.2, 0.25) is 0 Å². The van der Waals surface area contributed by atoms with Gasteiger partial charge in [0.15, 0.2) is 0 Å². The van der Waals surface area contributed by atoms with Gasteiger partial charge in [0.1, 0.15) is 12.1 Å². The molecule has 1 aliphatic rings. The van der Waals surface area contributed by atoms with Crippen molar-refractivity contribution in [3.05, 3.63) is 60.2 Å². The molecule has 1 heterocycles. The first-order chi connectivity index (χ1) is 13.5. The molecule has 0 bridgehead atoms. The normalized spacial score (nSPS) is 17.4. The molecule has 0 aromatic heterocycles. The van der Waals surface area contributed by atoms with Gasteiger partial charge in [-0.3, -0.25) is 9.59 Å². The van der Waals surface area contributed by atoms with Crippen molar-refractivity contribution in [3.8, 4) is 0 Å². The SMILES string of the molecule is O=C1CC[C@H](C(=O)N[C@H](Cc2c3ccccc3cc3ccccc23)C(=O)O)N1. The Labute approximate surface area is 161 Å². The minimum Gasteiger partial charge on any atom is -0.480 e. The Morgan fingerprint density at radius 2 is 1.68 bits per heavy atom. The molecular weight excluding hydrogens is 356 g/mol. The average Bonchev–Trinajstić information content (AvgIpc) is 3.13. The minimum absolute atomic E-state index is 0.156. The van der Waals surface area contributed by atoms with Crippen LogP contribution in [-0.2, 0) is 20.8 Å². The van der Waals surface area contributed by atoms with E-state index in [-0.39, 0.29) is 18.7 Å². The van der Waals surface area contributed by atoms with Gasteiger partial charge < -0.3 is 15.7 Å². The number of carbonyl (C=O) groups is 3. The molecule has 1 aliphatic heterocycles. The number of nitrogens with one attached hydrogen (secondary N) is 2. The summed E-state index contributed by atoms with van der Waals surface area (Å²) in [6, 6.07) is 16.0. The van der Waals surface area contributed by atoms with Gasteiger partial charge >= 0.3 is 5.97 Å². The summed E-state index contributed by atoms with van der Waals surface area (Å²) >= 11 is 0. The highest BCUT2D eigenvalue weighted by molar-refractivity contribution is 6.03. The maximum Gasteiger partial charge on any atom is 0.326 e. The van der Waals surface area contributed by atoms with Crippen LogP contribution in [0.15, 0.2) is 54.6 Å². The molecule has 0 saturated carbocycles. The molecule has 0 spiro atoms. The molecule has 6 heteroatoms. The second kappa shape index (κ2) is 7.31. The smallest absolute Gasteiger partial charge is 0.326 e. The third-order valence-corrected chi connectivity index (χ3v) is 5.22. The summed E-state index contributed by atoms with van der Waals surface area (Å²) in [6.07, 6.45) is 0.821. The zero-order valence-electron chi connectivity index (χ0n) is 15.1. The second-order valence-electron chi connectivity index (χ2n) is 7.06. The summed E-state index contributed by atoms with van der Waals surface area (Å²) in [5, 5.41) is 18.9. The maximum atomic E-state index is 12.4. The molecular formula is C22H20N2O4. The van der Waals surface area contributed by atoms with E-state index in [1.165, 1.54) is 0 Å². The molecule has 0 unspecified atom stereocenters. The molecule has 2 atom stereocenters. The van der Waals surface area contributed by atoms with Gasteiger partial charge in [0.2, 0.25) is 11.8 Å². The first-order valence-electron chi connectivity index (χ1n) is 9.25. The van der Waals surface area contributed by atoms with Crippen LogP contribution in [-0.4, -0.2) is 35.0 Å². The van der Waals surface area contributed by atoms with E-state index in [2.05, 4.69) is 16.7 Å². The van der Waals surface area contributed by atoms with Crippen molar-refractivity contribution in [3.63, 3.8) is 0 Å². The molecule has 4 rings (SSSR count). The van der Waals surface area contributed by atoms with Gasteiger partial charge in [-0.25, -0.2) is 4.79 Å². The first kappa shape index (κ1) is 18.0. The summed E-state index contributed by atoms with van der Waals surface area (Å²) in [7, 11) is 0. The van der Waals surface area contributed by atoms with Crippen molar-refractivity contribution in [2.24, 2.45) is 0 Å². The van der Waals surface area contributed by atoms with E-state index in [0.29, 0.717) is 6.42 Å². The van der Waals surface area contributed by atoms with Crippen molar-refractivity contribution in [1.82, 2.24) is 10.6 Å². The third kappa shape index (κ3) is 3.41. The average molecular weight is 376 g/mol. The second-order valence-corrected chi connectivity index (χ2v) is 7.06. The van der Waals surface area contributed by atoms with Crippen LogP contribution in [0.4, 0.5) is 0 Å². The summed E-state index contributed by atoms with van der Waals surface area (Å²) in [5.41, 5.74) is 0.886. The fourth-order valence-corrected chi connectivity index (χ4v) is 3.82. The van der Waals surface area contributed by atoms with Gasteiger partial charge in [0.05, 0.1) is 0 Å². The van der Waals surface area contributed by atoms with Crippen LogP contribution in [0.3, 0.4) is 0 Å². The lowest BCUT2D eigenvalue weighted by atomic mass is 9.92. The Balaban J connectivity index is 1.70. The summed E-state index contributed by atoms with van der Waals surface area (Å²) < 4.78 is 0. The molecule has 0 radical (unpaired) electrons. The van der Waals surface area contributed by atoms with Gasteiger partial charge in [-0.1, -0.05) is 48.5 Å². The fraction of sp³-hybridized carbons (Fsp3) is 0.227. The Morgan fingerprint density at radius 3 is 2.21 bits per heavy atom. The molecule has 3 N–H and O–H groups in total. The Kier molecular flexibility index (Phi) is 4.69. The number of fused-ring (bicyclic) bond motifs is 2. The maximum absolute atomic E-state index is 12.4. The van der Waals surface area contributed by atoms with Crippen LogP contribution in [0.5, 0.6) is 0 Å². The van der Waals surface area contributed by atoms with Crippen molar-refractivity contribution < 1.29 is 19.5 Å². The van der Waals surface area contributed by atoms with E-state index in [0.717, 1.165) is 27.1 Å². The predicted molar refractivity (Wildman–Crippen MR) is 106 cm³/mol. The van der Waals surface area contributed by atoms with Crippen molar-refractivity contribution in [2.75, 3.05) is 0 Å². The van der Waals surface area contributed by atoms with E-state index < -0.39 is 24.0 Å². The van der Waals surface area contributed by atoms with Crippen LogP contribution < -0.4 is 10.6 Å². The van der Waals surface area contributed by atoms with Gasteiger partial charge in [-0.15, -0.1) is 0 Å². The third-order valence-electron chi connectivity index (χ3n) is 5.22. The Morgan fingerprint density at radius 1 is 1.07 bits per heavy atom. The van der Waals surface area contributed by atoms with Crippen LogP contribution >= 0.6 is 0 Å². The lowest BCUT2D eigenvalue weighted by molar-refractivity contribution is -0.142. The van der Waals surface area contributed by atoms with Gasteiger partial charge in [0.25, 0.3) is 0 Å². The van der Waals surface area contributed by atoms with Gasteiger partial charge in [-0.2, -0.15) is 0 Å². The molecule has 6 nitrogen and oxygen atoms in total. The van der Waals surface area contributed by atoms with Crippen molar-refractivity contribution >= 4 is 39.3 Å². The van der Waals surface area contributed by atoms with E-state index in [9.17, 15) is 19.5 Å². The highest BCUT2D eigenvalue weighted by Crippen LogP contribution is 2.29. The number of carbonyl (C=O) groups excluding carboxylic acids is 2. The molecule has 2 amide bonds. The standard InChI is InChI=1S/C22H20N2O4/c25-20-10-9-18(23-20)21(26)24-19(22(27)28)12-17-15-7-3-1-5-13(15)11-14-6-2-4-8-16(14)17/h1-8,11,18-19H,9-10,12H2,(H,23,25)(H,24,26)(H,27,28)/t18-,19-/m1/s1. The number of hydrogen-bond donors (Lipinski definition) is 3. The molecule has 142 valence electrons. The first-order valence-corrected chi connectivity index (χ1v) is 9.25. The molecule has 28 heavy (non-hydrogen) atoms. The number of rotatable bonds is 5. The highest BCUT2D eigenvalue weighted by Gasteiger charge is 2.31. The van der Waals surface area contributed by atoms with Crippen molar-refractivity contribution in [2.45, 2.75) is 31.3 Å². The van der Waals surface area contributed by atoms with E-state index >= 15 is 0 Å². The summed E-state index contributed by atoms with van der Waals surface area (Å²) in [6.45, 7) is 0. The highest BCUT2D eigenvalue weighted by atomic mass is 16.4.